The van der Waals surface area contributed by atoms with Gasteiger partial charge in [0.2, 0.25) is 0 Å². The van der Waals surface area contributed by atoms with Crippen LogP contribution in [-0.4, -0.2) is 16.2 Å². The fourth-order valence-corrected chi connectivity index (χ4v) is 2.52. The van der Waals surface area contributed by atoms with Gasteiger partial charge in [0.05, 0.1) is 5.69 Å². The van der Waals surface area contributed by atoms with Crippen LogP contribution in [0, 0.1) is 19.8 Å². The molecule has 2 N–H and O–H groups in total. The van der Waals surface area contributed by atoms with E-state index < -0.39 is 0 Å². The molecule has 1 aliphatic carbocycles. The highest BCUT2D eigenvalue weighted by atomic mass is 15.1. The minimum Gasteiger partial charge on any atom is -0.310 e. The van der Waals surface area contributed by atoms with Gasteiger partial charge in [0, 0.05) is 23.8 Å². The predicted molar refractivity (Wildman–Crippen MR) is 61.7 cm³/mol. The number of H-pyrrole nitrogens is 1. The van der Waals surface area contributed by atoms with E-state index in [9.17, 15) is 0 Å². The number of rotatable bonds is 3. The largest absolute Gasteiger partial charge is 0.310 e. The van der Waals surface area contributed by atoms with Crippen molar-refractivity contribution < 1.29 is 0 Å². The van der Waals surface area contributed by atoms with Crippen LogP contribution in [0.2, 0.25) is 0 Å². The summed E-state index contributed by atoms with van der Waals surface area (Å²) in [6.07, 6.45) is 4.08. The van der Waals surface area contributed by atoms with Crippen LogP contribution in [-0.2, 0) is 6.54 Å². The number of aromatic amines is 1. The molecule has 1 saturated carbocycles. The van der Waals surface area contributed by atoms with Crippen molar-refractivity contribution in [1.82, 2.24) is 15.5 Å². The first-order valence-corrected chi connectivity index (χ1v) is 5.92. The summed E-state index contributed by atoms with van der Waals surface area (Å²) >= 11 is 0. The molecule has 3 heteroatoms. The van der Waals surface area contributed by atoms with E-state index in [1.54, 1.807) is 0 Å². The molecule has 1 fully saturated rings. The second-order valence-corrected chi connectivity index (χ2v) is 4.81. The molecule has 2 atom stereocenters. The maximum Gasteiger partial charge on any atom is 0.0638 e. The first-order chi connectivity index (χ1) is 7.18. The molecule has 0 saturated heterocycles. The molecule has 1 aromatic heterocycles. The fourth-order valence-electron chi connectivity index (χ4n) is 2.52. The van der Waals surface area contributed by atoms with Gasteiger partial charge in [0.25, 0.3) is 0 Å². The molecule has 0 aliphatic heterocycles. The van der Waals surface area contributed by atoms with Gasteiger partial charge in [-0.05, 0) is 32.6 Å². The van der Waals surface area contributed by atoms with E-state index in [-0.39, 0.29) is 0 Å². The van der Waals surface area contributed by atoms with Gasteiger partial charge < -0.3 is 5.32 Å². The smallest absolute Gasteiger partial charge is 0.0638 e. The molecule has 2 rings (SSSR count). The Balaban J connectivity index is 1.93. The van der Waals surface area contributed by atoms with Crippen LogP contribution < -0.4 is 5.32 Å². The SMILES string of the molecule is Cc1n[nH]c(C)c1CNC1CCCC1C. The summed E-state index contributed by atoms with van der Waals surface area (Å²) in [5, 5.41) is 10.9. The van der Waals surface area contributed by atoms with E-state index in [1.165, 1.54) is 30.5 Å². The van der Waals surface area contributed by atoms with Crippen molar-refractivity contribution in [3.05, 3.63) is 17.0 Å². The molecule has 1 aromatic rings. The third kappa shape index (κ3) is 2.23. The highest BCUT2D eigenvalue weighted by Crippen LogP contribution is 2.25. The minimum atomic E-state index is 0.707. The topological polar surface area (TPSA) is 40.7 Å². The van der Waals surface area contributed by atoms with Crippen LogP contribution in [0.5, 0.6) is 0 Å². The molecule has 0 spiro atoms. The van der Waals surface area contributed by atoms with Gasteiger partial charge in [-0.1, -0.05) is 13.3 Å². The summed E-state index contributed by atoms with van der Waals surface area (Å²) < 4.78 is 0. The van der Waals surface area contributed by atoms with Crippen molar-refractivity contribution >= 4 is 0 Å². The summed E-state index contributed by atoms with van der Waals surface area (Å²) in [6, 6.07) is 0.707. The van der Waals surface area contributed by atoms with Gasteiger partial charge in [0.15, 0.2) is 0 Å². The standard InChI is InChI=1S/C12H21N3/c1-8-5-4-6-12(8)13-7-11-9(2)14-15-10(11)3/h8,12-13H,4-7H2,1-3H3,(H,14,15). The zero-order chi connectivity index (χ0) is 10.8. The van der Waals surface area contributed by atoms with Gasteiger partial charge in [-0.3, -0.25) is 5.10 Å². The maximum atomic E-state index is 4.22. The van der Waals surface area contributed by atoms with Crippen molar-refractivity contribution in [2.45, 2.75) is 52.6 Å². The molecule has 2 unspecified atom stereocenters. The van der Waals surface area contributed by atoms with E-state index >= 15 is 0 Å². The normalized spacial score (nSPS) is 26.1. The average molecular weight is 207 g/mol. The highest BCUT2D eigenvalue weighted by molar-refractivity contribution is 5.22. The molecule has 0 amide bonds. The van der Waals surface area contributed by atoms with Gasteiger partial charge in [-0.25, -0.2) is 0 Å². The third-order valence-electron chi connectivity index (χ3n) is 3.68. The Hall–Kier alpha value is -0.830. The van der Waals surface area contributed by atoms with Gasteiger partial charge in [-0.15, -0.1) is 0 Å². The molecule has 1 aliphatic rings. The lowest BCUT2D eigenvalue weighted by atomic mass is 10.1. The fraction of sp³-hybridized carbons (Fsp3) is 0.750. The summed E-state index contributed by atoms with van der Waals surface area (Å²) in [7, 11) is 0. The second-order valence-electron chi connectivity index (χ2n) is 4.81. The van der Waals surface area contributed by atoms with E-state index in [0.29, 0.717) is 6.04 Å². The first-order valence-electron chi connectivity index (χ1n) is 5.92. The Morgan fingerprint density at radius 2 is 2.20 bits per heavy atom. The minimum absolute atomic E-state index is 0.707. The lowest BCUT2D eigenvalue weighted by Crippen LogP contribution is -2.30. The van der Waals surface area contributed by atoms with Crippen LogP contribution in [0.3, 0.4) is 0 Å². The predicted octanol–water partition coefficient (Wildman–Crippen LogP) is 2.30. The van der Waals surface area contributed by atoms with Crippen molar-refractivity contribution in [2.24, 2.45) is 5.92 Å². The van der Waals surface area contributed by atoms with Gasteiger partial charge in [-0.2, -0.15) is 5.10 Å². The summed E-state index contributed by atoms with van der Waals surface area (Å²) in [4.78, 5) is 0. The molecular weight excluding hydrogens is 186 g/mol. The zero-order valence-corrected chi connectivity index (χ0v) is 9.93. The van der Waals surface area contributed by atoms with Crippen molar-refractivity contribution in [1.29, 1.82) is 0 Å². The Kier molecular flexibility index (Phi) is 3.10. The number of nitrogens with zero attached hydrogens (tertiary/aromatic N) is 1. The molecule has 3 nitrogen and oxygen atoms in total. The highest BCUT2D eigenvalue weighted by Gasteiger charge is 2.22. The number of hydrogen-bond acceptors (Lipinski definition) is 2. The summed E-state index contributed by atoms with van der Waals surface area (Å²) in [5.74, 6) is 0.831. The van der Waals surface area contributed by atoms with Crippen LogP contribution in [0.25, 0.3) is 0 Å². The molecule has 15 heavy (non-hydrogen) atoms. The van der Waals surface area contributed by atoms with Crippen molar-refractivity contribution in [3.8, 4) is 0 Å². The molecule has 0 radical (unpaired) electrons. The van der Waals surface area contributed by atoms with Crippen LogP contribution in [0.4, 0.5) is 0 Å². The second kappa shape index (κ2) is 4.35. The Bertz CT molecular complexity index is 310. The number of nitrogens with one attached hydrogen (secondary N) is 2. The van der Waals surface area contributed by atoms with Crippen LogP contribution >= 0.6 is 0 Å². The first kappa shape index (κ1) is 10.7. The Labute approximate surface area is 91.7 Å². The van der Waals surface area contributed by atoms with Crippen LogP contribution in [0.15, 0.2) is 0 Å². The molecular formula is C12H21N3. The Morgan fingerprint density at radius 1 is 1.40 bits per heavy atom. The summed E-state index contributed by atoms with van der Waals surface area (Å²) in [6.45, 7) is 7.47. The van der Waals surface area contributed by atoms with Crippen molar-refractivity contribution in [2.75, 3.05) is 0 Å². The number of aryl methyl sites for hydroxylation is 2. The van der Waals surface area contributed by atoms with Gasteiger partial charge in [0.1, 0.15) is 0 Å². The molecule has 0 aromatic carbocycles. The lowest BCUT2D eigenvalue weighted by molar-refractivity contribution is 0.425. The van der Waals surface area contributed by atoms with E-state index in [1.807, 2.05) is 0 Å². The molecule has 84 valence electrons. The number of hydrogen-bond donors (Lipinski definition) is 2. The van der Waals surface area contributed by atoms with E-state index in [4.69, 9.17) is 0 Å². The summed E-state index contributed by atoms with van der Waals surface area (Å²) in [5.41, 5.74) is 3.67. The van der Waals surface area contributed by atoms with E-state index in [0.717, 1.165) is 18.2 Å². The Morgan fingerprint density at radius 3 is 2.73 bits per heavy atom. The molecule has 0 bridgehead atoms. The van der Waals surface area contributed by atoms with Crippen molar-refractivity contribution in [3.63, 3.8) is 0 Å². The average Bonchev–Trinajstić information content (AvgIpc) is 2.73. The number of aromatic nitrogens is 2. The lowest BCUT2D eigenvalue weighted by Gasteiger charge is -2.17. The third-order valence-corrected chi connectivity index (χ3v) is 3.68. The monoisotopic (exact) mass is 207 g/mol. The van der Waals surface area contributed by atoms with Crippen LogP contribution in [0.1, 0.15) is 43.1 Å². The van der Waals surface area contributed by atoms with Gasteiger partial charge >= 0.3 is 0 Å². The quantitative estimate of drug-likeness (QED) is 0.798. The maximum absolute atomic E-state index is 4.22. The zero-order valence-electron chi connectivity index (χ0n) is 9.93. The molecule has 1 heterocycles. The van der Waals surface area contributed by atoms with E-state index in [2.05, 4.69) is 36.3 Å².